The lowest BCUT2D eigenvalue weighted by molar-refractivity contribution is 1.14. The highest BCUT2D eigenvalue weighted by atomic mass is 16.1. The van der Waals surface area contributed by atoms with E-state index in [0.717, 1.165) is 34.1 Å². The van der Waals surface area contributed by atoms with Crippen molar-refractivity contribution in [3.63, 3.8) is 0 Å². The van der Waals surface area contributed by atoms with Crippen molar-refractivity contribution in [3.05, 3.63) is 46.1 Å². The normalized spacial score (nSPS) is 11.2. The zero-order valence-corrected chi connectivity index (χ0v) is 10.3. The minimum atomic E-state index is 0.0384. The molecule has 4 heteroatoms. The third-order valence-corrected chi connectivity index (χ3v) is 3.20. The van der Waals surface area contributed by atoms with Gasteiger partial charge < -0.3 is 4.98 Å². The molecular weight excluding hydrogens is 226 g/mol. The van der Waals surface area contributed by atoms with Gasteiger partial charge in [0.15, 0.2) is 5.43 Å². The number of hydrogen-bond donors (Lipinski definition) is 1. The van der Waals surface area contributed by atoms with Crippen molar-refractivity contribution in [2.45, 2.75) is 20.3 Å². The van der Waals surface area contributed by atoms with E-state index in [4.69, 9.17) is 0 Å². The molecule has 0 amide bonds. The van der Waals surface area contributed by atoms with Crippen LogP contribution in [0.15, 0.2) is 29.5 Å². The van der Waals surface area contributed by atoms with E-state index in [-0.39, 0.29) is 5.43 Å². The molecule has 0 atom stereocenters. The molecule has 0 unspecified atom stereocenters. The van der Waals surface area contributed by atoms with Crippen LogP contribution in [-0.4, -0.2) is 15.0 Å². The largest absolute Gasteiger partial charge is 0.357 e. The van der Waals surface area contributed by atoms with Crippen LogP contribution in [0.4, 0.5) is 0 Å². The second kappa shape index (κ2) is 3.91. The Morgan fingerprint density at radius 1 is 1.28 bits per heavy atom. The van der Waals surface area contributed by atoms with Crippen LogP contribution in [0.1, 0.15) is 18.2 Å². The summed E-state index contributed by atoms with van der Waals surface area (Å²) >= 11 is 0. The average Bonchev–Trinajstić information content (AvgIpc) is 2.38. The number of pyridine rings is 1. The van der Waals surface area contributed by atoms with Crippen molar-refractivity contribution in [2.75, 3.05) is 0 Å². The van der Waals surface area contributed by atoms with Crippen molar-refractivity contribution in [1.29, 1.82) is 0 Å². The lowest BCUT2D eigenvalue weighted by Gasteiger charge is -2.08. The summed E-state index contributed by atoms with van der Waals surface area (Å²) in [4.78, 5) is 23.7. The lowest BCUT2D eigenvalue weighted by Crippen LogP contribution is -2.05. The van der Waals surface area contributed by atoms with Crippen molar-refractivity contribution < 1.29 is 0 Å². The topological polar surface area (TPSA) is 58.6 Å². The summed E-state index contributed by atoms with van der Waals surface area (Å²) in [6.45, 7) is 3.94. The summed E-state index contributed by atoms with van der Waals surface area (Å²) in [6.07, 6.45) is 4.18. The molecule has 0 aliphatic carbocycles. The molecule has 0 saturated heterocycles. The smallest absolute Gasteiger partial charge is 0.189 e. The van der Waals surface area contributed by atoms with E-state index in [1.54, 1.807) is 12.3 Å². The molecule has 0 aliphatic rings. The second-order valence-corrected chi connectivity index (χ2v) is 4.41. The Balaban J connectivity index is 2.63. The fourth-order valence-electron chi connectivity index (χ4n) is 2.34. The summed E-state index contributed by atoms with van der Waals surface area (Å²) in [7, 11) is 0. The molecule has 0 saturated carbocycles. The van der Waals surface area contributed by atoms with E-state index in [0.29, 0.717) is 5.39 Å². The number of H-pyrrole nitrogens is 1. The molecular formula is C14H13N3O. The number of aromatic amines is 1. The summed E-state index contributed by atoms with van der Waals surface area (Å²) in [5.74, 6) is 0. The fourth-order valence-corrected chi connectivity index (χ4v) is 2.34. The van der Waals surface area contributed by atoms with Crippen molar-refractivity contribution in [3.8, 4) is 0 Å². The Bertz CT molecular complexity index is 805. The van der Waals surface area contributed by atoms with Crippen molar-refractivity contribution >= 4 is 21.8 Å². The minimum absolute atomic E-state index is 0.0384. The van der Waals surface area contributed by atoms with Gasteiger partial charge in [0, 0.05) is 28.7 Å². The van der Waals surface area contributed by atoms with Gasteiger partial charge in [-0.15, -0.1) is 0 Å². The van der Waals surface area contributed by atoms with Crippen LogP contribution in [0.2, 0.25) is 0 Å². The molecule has 0 aliphatic heterocycles. The van der Waals surface area contributed by atoms with Crippen LogP contribution in [0.5, 0.6) is 0 Å². The first-order valence-corrected chi connectivity index (χ1v) is 5.96. The highest BCUT2D eigenvalue weighted by molar-refractivity contribution is 6.04. The zero-order chi connectivity index (χ0) is 12.7. The first-order chi connectivity index (χ1) is 8.70. The minimum Gasteiger partial charge on any atom is -0.357 e. The fraction of sp³-hybridized carbons (Fsp3) is 0.214. The second-order valence-electron chi connectivity index (χ2n) is 4.41. The number of hydrogen-bond acceptors (Lipinski definition) is 3. The predicted octanol–water partition coefficient (Wildman–Crippen LogP) is 2.34. The van der Waals surface area contributed by atoms with Gasteiger partial charge in [-0.05, 0) is 25.0 Å². The lowest BCUT2D eigenvalue weighted by atomic mass is 10.0. The number of benzene rings is 1. The van der Waals surface area contributed by atoms with Gasteiger partial charge >= 0.3 is 0 Å². The molecule has 2 aromatic heterocycles. The van der Waals surface area contributed by atoms with Crippen LogP contribution in [0.3, 0.4) is 0 Å². The van der Waals surface area contributed by atoms with E-state index in [2.05, 4.69) is 21.9 Å². The van der Waals surface area contributed by atoms with Gasteiger partial charge in [-0.3, -0.25) is 4.79 Å². The molecule has 3 rings (SSSR count). The maximum absolute atomic E-state index is 12.0. The van der Waals surface area contributed by atoms with Gasteiger partial charge in [-0.25, -0.2) is 9.97 Å². The third kappa shape index (κ3) is 1.49. The molecule has 0 bridgehead atoms. The maximum atomic E-state index is 12.0. The Morgan fingerprint density at radius 2 is 2.11 bits per heavy atom. The highest BCUT2D eigenvalue weighted by Crippen LogP contribution is 2.23. The van der Waals surface area contributed by atoms with E-state index in [1.807, 2.05) is 13.0 Å². The SMILES string of the molecule is CCc1cc2c(=O)cc(C)[nH]c2c2ncncc12. The third-order valence-electron chi connectivity index (χ3n) is 3.20. The monoisotopic (exact) mass is 239 g/mol. The molecule has 90 valence electrons. The Hall–Kier alpha value is -2.23. The van der Waals surface area contributed by atoms with Gasteiger partial charge in [0.25, 0.3) is 0 Å². The molecule has 2 heterocycles. The van der Waals surface area contributed by atoms with E-state index in [1.165, 1.54) is 6.33 Å². The summed E-state index contributed by atoms with van der Waals surface area (Å²) in [5.41, 5.74) is 3.61. The number of aryl methyl sites for hydroxylation is 2. The van der Waals surface area contributed by atoms with Gasteiger partial charge in [0.05, 0.1) is 11.0 Å². The number of rotatable bonds is 1. The Labute approximate surface area is 104 Å². The molecule has 0 spiro atoms. The Kier molecular flexibility index (Phi) is 2.37. The first-order valence-electron chi connectivity index (χ1n) is 5.96. The van der Waals surface area contributed by atoms with Gasteiger partial charge in [0.2, 0.25) is 0 Å². The van der Waals surface area contributed by atoms with Gasteiger partial charge in [-0.2, -0.15) is 0 Å². The standard InChI is InChI=1S/C14H13N3O/c1-3-9-5-10-12(18)4-8(2)17-14(10)13-11(9)6-15-7-16-13/h4-7H,3H2,1-2H3,(H,17,18). The van der Waals surface area contributed by atoms with Gasteiger partial charge in [0.1, 0.15) is 6.33 Å². The molecule has 3 aromatic rings. The van der Waals surface area contributed by atoms with Crippen molar-refractivity contribution in [2.24, 2.45) is 0 Å². The van der Waals surface area contributed by atoms with E-state index in [9.17, 15) is 4.79 Å². The molecule has 18 heavy (non-hydrogen) atoms. The quantitative estimate of drug-likeness (QED) is 0.663. The molecule has 0 fully saturated rings. The average molecular weight is 239 g/mol. The molecule has 1 aromatic carbocycles. The van der Waals surface area contributed by atoms with Crippen LogP contribution in [-0.2, 0) is 6.42 Å². The summed E-state index contributed by atoms with van der Waals surface area (Å²) in [6, 6.07) is 3.56. The first kappa shape index (κ1) is 10.9. The maximum Gasteiger partial charge on any atom is 0.189 e. The summed E-state index contributed by atoms with van der Waals surface area (Å²) in [5, 5.41) is 1.71. The number of fused-ring (bicyclic) bond motifs is 3. The van der Waals surface area contributed by atoms with E-state index < -0.39 is 0 Å². The van der Waals surface area contributed by atoms with Gasteiger partial charge in [-0.1, -0.05) is 6.92 Å². The molecule has 4 nitrogen and oxygen atoms in total. The summed E-state index contributed by atoms with van der Waals surface area (Å²) < 4.78 is 0. The van der Waals surface area contributed by atoms with E-state index >= 15 is 0 Å². The number of aromatic nitrogens is 3. The predicted molar refractivity (Wildman–Crippen MR) is 71.8 cm³/mol. The Morgan fingerprint density at radius 3 is 2.89 bits per heavy atom. The highest BCUT2D eigenvalue weighted by Gasteiger charge is 2.09. The number of nitrogens with zero attached hydrogens (tertiary/aromatic N) is 2. The van der Waals surface area contributed by atoms with Crippen LogP contribution >= 0.6 is 0 Å². The number of nitrogens with one attached hydrogen (secondary N) is 1. The zero-order valence-electron chi connectivity index (χ0n) is 10.3. The van der Waals surface area contributed by atoms with Crippen molar-refractivity contribution in [1.82, 2.24) is 15.0 Å². The molecule has 1 N–H and O–H groups in total. The van der Waals surface area contributed by atoms with Crippen LogP contribution < -0.4 is 5.43 Å². The van der Waals surface area contributed by atoms with Crippen LogP contribution in [0, 0.1) is 6.92 Å². The molecule has 0 radical (unpaired) electrons. The van der Waals surface area contributed by atoms with Crippen LogP contribution in [0.25, 0.3) is 21.8 Å².